The van der Waals surface area contributed by atoms with Crippen LogP contribution in [0.3, 0.4) is 0 Å². The molecule has 0 aliphatic rings. The zero-order chi connectivity index (χ0) is 16.2. The second kappa shape index (κ2) is 6.89. The Kier molecular flexibility index (Phi) is 5.71. The van der Waals surface area contributed by atoms with Crippen molar-refractivity contribution in [3.8, 4) is 0 Å². The lowest BCUT2D eigenvalue weighted by atomic mass is 10.1. The van der Waals surface area contributed by atoms with Crippen molar-refractivity contribution in [1.29, 1.82) is 0 Å². The third-order valence-electron chi connectivity index (χ3n) is 3.08. The molecule has 118 valence electrons. The average Bonchev–Trinajstić information content (AvgIpc) is 2.42. The van der Waals surface area contributed by atoms with Gasteiger partial charge in [-0.2, -0.15) is 0 Å². The van der Waals surface area contributed by atoms with Gasteiger partial charge in [-0.25, -0.2) is 13.4 Å². The van der Waals surface area contributed by atoms with Crippen molar-refractivity contribution in [2.45, 2.75) is 19.8 Å². The van der Waals surface area contributed by atoms with Crippen LogP contribution in [0.4, 0.5) is 5.82 Å². The first-order valence-corrected chi connectivity index (χ1v) is 8.83. The summed E-state index contributed by atoms with van der Waals surface area (Å²) in [7, 11) is 0.255. The van der Waals surface area contributed by atoms with Crippen molar-refractivity contribution >= 4 is 21.6 Å². The van der Waals surface area contributed by atoms with E-state index in [1.807, 2.05) is 13.8 Å². The Morgan fingerprint density at radius 1 is 1.38 bits per heavy atom. The van der Waals surface area contributed by atoms with Gasteiger partial charge >= 0.3 is 0 Å². The number of anilines is 1. The maximum absolute atomic E-state index is 12.4. The minimum Gasteiger partial charge on any atom is -0.373 e. The third-order valence-corrected chi connectivity index (χ3v) is 4.01. The van der Waals surface area contributed by atoms with E-state index in [0.717, 1.165) is 11.9 Å². The topological polar surface area (TPSA) is 79.4 Å². The molecule has 0 saturated heterocycles. The molecule has 1 heterocycles. The van der Waals surface area contributed by atoms with E-state index in [1.165, 1.54) is 4.90 Å². The molecule has 1 rings (SSSR count). The normalized spacial score (nSPS) is 11.5. The summed E-state index contributed by atoms with van der Waals surface area (Å²) in [6.45, 7) is 4.18. The van der Waals surface area contributed by atoms with E-state index in [1.54, 1.807) is 26.2 Å². The molecule has 0 atom stereocenters. The molecule has 0 aliphatic carbocycles. The summed E-state index contributed by atoms with van der Waals surface area (Å²) in [5.41, 5.74) is 1.33. The summed E-state index contributed by atoms with van der Waals surface area (Å²) in [6.07, 6.45) is 1.16. The standard InChI is InChI=1S/C14H23N3O3S/c1-10(2)12-8-11(9-13(15-3)16-12)14(18)17(4)6-7-21(5,19)20/h8-10H,6-7H2,1-5H3,(H,15,16). The first kappa shape index (κ1) is 17.4. The van der Waals surface area contributed by atoms with Gasteiger partial charge in [0, 0.05) is 38.2 Å². The van der Waals surface area contributed by atoms with Crippen molar-refractivity contribution in [3.63, 3.8) is 0 Å². The molecule has 0 unspecified atom stereocenters. The van der Waals surface area contributed by atoms with Gasteiger partial charge in [0.1, 0.15) is 15.7 Å². The van der Waals surface area contributed by atoms with E-state index in [4.69, 9.17) is 0 Å². The molecule has 1 N–H and O–H groups in total. The fourth-order valence-corrected chi connectivity index (χ4v) is 2.33. The largest absolute Gasteiger partial charge is 0.373 e. The number of pyridine rings is 1. The molecule has 0 saturated carbocycles. The van der Waals surface area contributed by atoms with E-state index < -0.39 is 9.84 Å². The van der Waals surface area contributed by atoms with Crippen molar-refractivity contribution in [1.82, 2.24) is 9.88 Å². The number of hydrogen-bond acceptors (Lipinski definition) is 5. The number of aromatic nitrogens is 1. The molecule has 0 aromatic carbocycles. The monoisotopic (exact) mass is 313 g/mol. The number of sulfone groups is 1. The smallest absolute Gasteiger partial charge is 0.253 e. The van der Waals surface area contributed by atoms with E-state index >= 15 is 0 Å². The third kappa shape index (κ3) is 5.34. The SMILES string of the molecule is CNc1cc(C(=O)N(C)CCS(C)(=O)=O)cc(C(C)C)n1. The number of amides is 1. The highest BCUT2D eigenvalue weighted by Gasteiger charge is 2.16. The van der Waals surface area contributed by atoms with Gasteiger partial charge in [0.15, 0.2) is 0 Å². The molecule has 1 aromatic rings. The fourth-order valence-electron chi connectivity index (χ4n) is 1.72. The zero-order valence-electron chi connectivity index (χ0n) is 13.2. The van der Waals surface area contributed by atoms with Gasteiger partial charge < -0.3 is 10.2 Å². The molecule has 21 heavy (non-hydrogen) atoms. The summed E-state index contributed by atoms with van der Waals surface area (Å²) in [5.74, 6) is 0.572. The molecular weight excluding hydrogens is 290 g/mol. The van der Waals surface area contributed by atoms with Crippen LogP contribution in [0, 0.1) is 0 Å². The second-order valence-electron chi connectivity index (χ2n) is 5.43. The number of carbonyl (C=O) groups excluding carboxylic acids is 1. The zero-order valence-corrected chi connectivity index (χ0v) is 14.0. The number of nitrogens with zero attached hydrogens (tertiary/aromatic N) is 2. The predicted molar refractivity (Wildman–Crippen MR) is 84.5 cm³/mol. The summed E-state index contributed by atoms with van der Waals surface area (Å²) < 4.78 is 22.4. The van der Waals surface area contributed by atoms with Gasteiger partial charge in [-0.1, -0.05) is 13.8 Å². The molecule has 1 amide bonds. The van der Waals surface area contributed by atoms with E-state index in [0.29, 0.717) is 11.4 Å². The lowest BCUT2D eigenvalue weighted by Gasteiger charge is -2.18. The van der Waals surface area contributed by atoms with Gasteiger partial charge in [-0.05, 0) is 18.1 Å². The molecule has 6 nitrogen and oxygen atoms in total. The summed E-state index contributed by atoms with van der Waals surface area (Å²) in [6, 6.07) is 3.43. The minimum atomic E-state index is -3.09. The van der Waals surface area contributed by atoms with Crippen LogP contribution in [-0.2, 0) is 9.84 Å². The van der Waals surface area contributed by atoms with Crippen molar-refractivity contribution < 1.29 is 13.2 Å². The lowest BCUT2D eigenvalue weighted by molar-refractivity contribution is 0.0803. The van der Waals surface area contributed by atoms with Crippen LogP contribution in [0.1, 0.15) is 35.8 Å². The maximum Gasteiger partial charge on any atom is 0.253 e. The first-order chi connectivity index (χ1) is 9.64. The summed E-state index contributed by atoms with van der Waals surface area (Å²) >= 11 is 0. The second-order valence-corrected chi connectivity index (χ2v) is 7.69. The highest BCUT2D eigenvalue weighted by Crippen LogP contribution is 2.18. The number of nitrogens with one attached hydrogen (secondary N) is 1. The number of carbonyl (C=O) groups is 1. The van der Waals surface area contributed by atoms with Gasteiger partial charge in [-0.3, -0.25) is 4.79 Å². The molecule has 0 bridgehead atoms. The van der Waals surface area contributed by atoms with E-state index in [-0.39, 0.29) is 24.1 Å². The van der Waals surface area contributed by atoms with Crippen LogP contribution in [0.15, 0.2) is 12.1 Å². The van der Waals surface area contributed by atoms with Gasteiger partial charge in [-0.15, -0.1) is 0 Å². The van der Waals surface area contributed by atoms with Gasteiger partial charge in [0.2, 0.25) is 0 Å². The first-order valence-electron chi connectivity index (χ1n) is 6.77. The molecule has 0 fully saturated rings. The fraction of sp³-hybridized carbons (Fsp3) is 0.571. The Balaban J connectivity index is 2.98. The van der Waals surface area contributed by atoms with Crippen LogP contribution in [-0.4, -0.2) is 56.9 Å². The van der Waals surface area contributed by atoms with Gasteiger partial charge in [0.05, 0.1) is 5.75 Å². The van der Waals surface area contributed by atoms with E-state index in [2.05, 4.69) is 10.3 Å². The highest BCUT2D eigenvalue weighted by atomic mass is 32.2. The molecular formula is C14H23N3O3S. The number of hydrogen-bond donors (Lipinski definition) is 1. The lowest BCUT2D eigenvalue weighted by Crippen LogP contribution is -2.31. The van der Waals surface area contributed by atoms with Crippen LogP contribution in [0.5, 0.6) is 0 Å². The Morgan fingerprint density at radius 3 is 2.48 bits per heavy atom. The number of rotatable bonds is 6. The van der Waals surface area contributed by atoms with Crippen molar-refractivity contribution in [3.05, 3.63) is 23.4 Å². The maximum atomic E-state index is 12.4. The summed E-state index contributed by atoms with van der Waals surface area (Å²) in [4.78, 5) is 18.2. The molecule has 0 radical (unpaired) electrons. The quantitative estimate of drug-likeness (QED) is 0.858. The van der Waals surface area contributed by atoms with Gasteiger partial charge in [0.25, 0.3) is 5.91 Å². The summed E-state index contributed by atoms with van der Waals surface area (Å²) in [5, 5.41) is 2.93. The predicted octanol–water partition coefficient (Wildman–Crippen LogP) is 1.36. The van der Waals surface area contributed by atoms with Crippen molar-refractivity contribution in [2.75, 3.05) is 38.0 Å². The Hall–Kier alpha value is -1.63. The molecule has 0 spiro atoms. The van der Waals surface area contributed by atoms with Crippen LogP contribution < -0.4 is 5.32 Å². The Bertz CT molecular complexity index is 612. The molecule has 7 heteroatoms. The highest BCUT2D eigenvalue weighted by molar-refractivity contribution is 7.90. The van der Waals surface area contributed by atoms with E-state index in [9.17, 15) is 13.2 Å². The van der Waals surface area contributed by atoms with Crippen LogP contribution in [0.2, 0.25) is 0 Å². The molecule has 1 aromatic heterocycles. The van der Waals surface area contributed by atoms with Crippen LogP contribution in [0.25, 0.3) is 0 Å². The Labute approximate surface area is 126 Å². The Morgan fingerprint density at radius 2 is 2.00 bits per heavy atom. The van der Waals surface area contributed by atoms with Crippen LogP contribution >= 0.6 is 0 Å². The minimum absolute atomic E-state index is 0.0454. The average molecular weight is 313 g/mol. The van der Waals surface area contributed by atoms with Crippen molar-refractivity contribution in [2.24, 2.45) is 0 Å². The molecule has 0 aliphatic heterocycles.